The second-order valence-electron chi connectivity index (χ2n) is 6.45. The van der Waals surface area contributed by atoms with Gasteiger partial charge in [0.25, 0.3) is 0 Å². The molecule has 124 valence electrons. The highest BCUT2D eigenvalue weighted by Gasteiger charge is 2.19. The molecule has 5 heteroatoms. The summed E-state index contributed by atoms with van der Waals surface area (Å²) >= 11 is 1.86. The van der Waals surface area contributed by atoms with Crippen LogP contribution >= 0.6 is 11.3 Å². The van der Waals surface area contributed by atoms with Crippen molar-refractivity contribution in [3.05, 3.63) is 46.3 Å². The van der Waals surface area contributed by atoms with Crippen LogP contribution in [0, 0.1) is 0 Å². The Morgan fingerprint density at radius 2 is 2.26 bits per heavy atom. The van der Waals surface area contributed by atoms with E-state index in [1.54, 1.807) is 0 Å². The summed E-state index contributed by atoms with van der Waals surface area (Å²) in [6.45, 7) is 4.35. The van der Waals surface area contributed by atoms with E-state index in [9.17, 15) is 0 Å². The van der Waals surface area contributed by atoms with Gasteiger partial charge < -0.3 is 10.2 Å². The number of anilines is 1. The van der Waals surface area contributed by atoms with Gasteiger partial charge in [-0.2, -0.15) is 0 Å². The normalized spacial score (nSPS) is 19.0. The molecule has 0 spiro atoms. The molecule has 1 atom stereocenters. The lowest BCUT2D eigenvalue weighted by Crippen LogP contribution is -2.44. The number of piperidine rings is 1. The Labute approximate surface area is 143 Å². The molecule has 3 rings (SSSR count). The lowest BCUT2D eigenvalue weighted by Gasteiger charge is -2.33. The predicted octanol–water partition coefficient (Wildman–Crippen LogP) is 2.96. The van der Waals surface area contributed by atoms with Gasteiger partial charge in [-0.25, -0.2) is 4.98 Å². The number of aromatic nitrogens is 1. The molecule has 0 aliphatic carbocycles. The van der Waals surface area contributed by atoms with E-state index in [1.165, 1.54) is 29.8 Å². The van der Waals surface area contributed by atoms with E-state index in [1.807, 2.05) is 36.5 Å². The maximum absolute atomic E-state index is 4.48. The molecular weight excluding hydrogens is 304 g/mol. The topological polar surface area (TPSA) is 31.4 Å². The molecule has 1 saturated heterocycles. The van der Waals surface area contributed by atoms with E-state index in [-0.39, 0.29) is 0 Å². The van der Waals surface area contributed by atoms with Crippen LogP contribution in [-0.4, -0.2) is 43.1 Å². The molecule has 2 aromatic heterocycles. The summed E-state index contributed by atoms with van der Waals surface area (Å²) in [6.07, 6.45) is 4.53. The van der Waals surface area contributed by atoms with E-state index >= 15 is 0 Å². The Hall–Kier alpha value is -1.43. The van der Waals surface area contributed by atoms with Crippen molar-refractivity contribution in [1.82, 2.24) is 15.2 Å². The summed E-state index contributed by atoms with van der Waals surface area (Å²) in [5.41, 5.74) is 1.26. The zero-order valence-electron chi connectivity index (χ0n) is 14.0. The maximum Gasteiger partial charge on any atom is 0.127 e. The second kappa shape index (κ2) is 7.90. The van der Waals surface area contributed by atoms with Gasteiger partial charge in [-0.1, -0.05) is 12.1 Å². The molecule has 1 unspecified atom stereocenters. The molecule has 3 heterocycles. The first-order valence-corrected chi connectivity index (χ1v) is 9.19. The summed E-state index contributed by atoms with van der Waals surface area (Å²) in [5.74, 6) is 1.01. The molecule has 1 N–H and O–H groups in total. The second-order valence-corrected chi connectivity index (χ2v) is 7.49. The molecule has 0 radical (unpaired) electrons. The highest BCUT2D eigenvalue weighted by Crippen LogP contribution is 2.17. The number of nitrogens with zero attached hydrogens (tertiary/aromatic N) is 3. The van der Waals surface area contributed by atoms with Gasteiger partial charge in [0, 0.05) is 50.8 Å². The van der Waals surface area contributed by atoms with Crippen molar-refractivity contribution in [1.29, 1.82) is 0 Å². The first kappa shape index (κ1) is 16.4. The number of hydrogen-bond donors (Lipinski definition) is 1. The van der Waals surface area contributed by atoms with Crippen LogP contribution in [0.25, 0.3) is 0 Å². The van der Waals surface area contributed by atoms with E-state index < -0.39 is 0 Å². The summed E-state index contributed by atoms with van der Waals surface area (Å²) in [5, 5.41) is 5.87. The predicted molar refractivity (Wildman–Crippen MR) is 98.0 cm³/mol. The first-order valence-electron chi connectivity index (χ1n) is 8.31. The minimum atomic E-state index is 0.581. The zero-order valence-corrected chi connectivity index (χ0v) is 14.9. The third-order valence-corrected chi connectivity index (χ3v) is 5.19. The van der Waals surface area contributed by atoms with Crippen LogP contribution in [0.15, 0.2) is 35.8 Å². The Morgan fingerprint density at radius 3 is 2.96 bits per heavy atom. The maximum atomic E-state index is 4.48. The van der Waals surface area contributed by atoms with Crippen molar-refractivity contribution in [3.63, 3.8) is 0 Å². The molecule has 1 fully saturated rings. The van der Waals surface area contributed by atoms with Gasteiger partial charge in [-0.15, -0.1) is 11.3 Å². The van der Waals surface area contributed by atoms with Crippen molar-refractivity contribution < 1.29 is 0 Å². The van der Waals surface area contributed by atoms with Crippen molar-refractivity contribution in [3.8, 4) is 0 Å². The van der Waals surface area contributed by atoms with Gasteiger partial charge in [-0.05, 0) is 42.5 Å². The Bertz CT molecular complexity index is 580. The number of pyridine rings is 1. The van der Waals surface area contributed by atoms with E-state index in [0.717, 1.165) is 25.5 Å². The number of nitrogens with one attached hydrogen (secondary N) is 1. The van der Waals surface area contributed by atoms with Gasteiger partial charge in [0.05, 0.1) is 0 Å². The minimum Gasteiger partial charge on any atom is -0.363 e. The fourth-order valence-corrected chi connectivity index (χ4v) is 3.78. The Kier molecular flexibility index (Phi) is 5.65. The Balaban J connectivity index is 1.47. The van der Waals surface area contributed by atoms with Gasteiger partial charge in [-0.3, -0.25) is 4.90 Å². The van der Waals surface area contributed by atoms with Crippen LogP contribution in [0.3, 0.4) is 0 Å². The summed E-state index contributed by atoms with van der Waals surface area (Å²) < 4.78 is 0. The smallest absolute Gasteiger partial charge is 0.127 e. The zero-order chi connectivity index (χ0) is 16.1. The first-order chi connectivity index (χ1) is 11.2. The highest BCUT2D eigenvalue weighted by atomic mass is 32.1. The third kappa shape index (κ3) is 4.77. The monoisotopic (exact) mass is 330 g/mol. The Morgan fingerprint density at radius 1 is 1.35 bits per heavy atom. The van der Waals surface area contributed by atoms with E-state index in [4.69, 9.17) is 0 Å². The van der Waals surface area contributed by atoms with Crippen molar-refractivity contribution in [2.24, 2.45) is 0 Å². The standard InChI is InChI=1S/C18H26N4S/c1-21(2)18-8-7-15(12-20-18)11-19-16-5-3-9-22(13-16)14-17-6-4-10-23-17/h4,6-8,10,12,16,19H,3,5,9,11,13-14H2,1-2H3. The molecule has 2 aromatic rings. The largest absolute Gasteiger partial charge is 0.363 e. The molecule has 1 aliphatic rings. The fourth-order valence-electron chi connectivity index (χ4n) is 3.04. The van der Waals surface area contributed by atoms with Crippen molar-refractivity contribution >= 4 is 17.2 Å². The third-order valence-electron chi connectivity index (χ3n) is 4.33. The number of hydrogen-bond acceptors (Lipinski definition) is 5. The van der Waals surface area contributed by atoms with Gasteiger partial charge >= 0.3 is 0 Å². The van der Waals surface area contributed by atoms with Crippen LogP contribution < -0.4 is 10.2 Å². The lowest BCUT2D eigenvalue weighted by atomic mass is 10.1. The SMILES string of the molecule is CN(C)c1ccc(CNC2CCCN(Cc3cccs3)C2)cn1. The van der Waals surface area contributed by atoms with Crippen molar-refractivity contribution in [2.75, 3.05) is 32.1 Å². The molecule has 0 bridgehead atoms. The van der Waals surface area contributed by atoms with Crippen molar-refractivity contribution in [2.45, 2.75) is 32.0 Å². The molecule has 0 saturated carbocycles. The average molecular weight is 331 g/mol. The summed E-state index contributed by atoms with van der Waals surface area (Å²) in [6, 6.07) is 9.21. The van der Waals surface area contributed by atoms with Gasteiger partial charge in [0.1, 0.15) is 5.82 Å². The van der Waals surface area contributed by atoms with Crippen LogP contribution in [0.1, 0.15) is 23.3 Å². The summed E-state index contributed by atoms with van der Waals surface area (Å²) in [7, 11) is 4.04. The van der Waals surface area contributed by atoms with E-state index in [2.05, 4.69) is 44.8 Å². The van der Waals surface area contributed by atoms with Crippen LogP contribution in [0.4, 0.5) is 5.82 Å². The minimum absolute atomic E-state index is 0.581. The molecule has 1 aliphatic heterocycles. The number of thiophene rings is 1. The summed E-state index contributed by atoms with van der Waals surface area (Å²) in [4.78, 5) is 10.5. The van der Waals surface area contributed by atoms with Crippen LogP contribution in [-0.2, 0) is 13.1 Å². The molecule has 4 nitrogen and oxygen atoms in total. The lowest BCUT2D eigenvalue weighted by molar-refractivity contribution is 0.184. The van der Waals surface area contributed by atoms with Gasteiger partial charge in [0.2, 0.25) is 0 Å². The highest BCUT2D eigenvalue weighted by molar-refractivity contribution is 7.09. The molecule has 23 heavy (non-hydrogen) atoms. The molecule has 0 amide bonds. The molecule has 0 aromatic carbocycles. The van der Waals surface area contributed by atoms with Gasteiger partial charge in [0.15, 0.2) is 0 Å². The quantitative estimate of drug-likeness (QED) is 0.882. The molecular formula is C18H26N4S. The van der Waals surface area contributed by atoms with Crippen LogP contribution in [0.5, 0.6) is 0 Å². The average Bonchev–Trinajstić information content (AvgIpc) is 3.07. The number of rotatable bonds is 6. The van der Waals surface area contributed by atoms with Crippen LogP contribution in [0.2, 0.25) is 0 Å². The fraction of sp³-hybridized carbons (Fsp3) is 0.500. The van der Waals surface area contributed by atoms with E-state index in [0.29, 0.717) is 6.04 Å². The number of likely N-dealkylation sites (tertiary alicyclic amines) is 1.